The van der Waals surface area contributed by atoms with Gasteiger partial charge in [-0.05, 0) is 44.9 Å². The van der Waals surface area contributed by atoms with Crippen molar-refractivity contribution in [1.29, 1.82) is 0 Å². The number of likely N-dealkylation sites (tertiary alicyclic amines) is 1. The molecule has 22 heavy (non-hydrogen) atoms. The van der Waals surface area contributed by atoms with Gasteiger partial charge in [-0.25, -0.2) is 13.6 Å². The number of nitrogens with zero attached hydrogens (tertiary/aromatic N) is 1. The molecule has 0 aromatic heterocycles. The molecule has 4 nitrogen and oxygen atoms in total. The smallest absolute Gasteiger partial charge is 0.410 e. The second kappa shape index (κ2) is 6.60. The van der Waals surface area contributed by atoms with Gasteiger partial charge in [0.2, 0.25) is 0 Å². The first kappa shape index (κ1) is 16.7. The van der Waals surface area contributed by atoms with Crippen LogP contribution in [0.5, 0.6) is 0 Å². The lowest BCUT2D eigenvalue weighted by Crippen LogP contribution is -2.38. The average molecular weight is 312 g/mol. The van der Waals surface area contributed by atoms with Crippen molar-refractivity contribution in [3.05, 3.63) is 35.4 Å². The van der Waals surface area contributed by atoms with Crippen molar-refractivity contribution >= 4 is 6.09 Å². The fourth-order valence-electron chi connectivity index (χ4n) is 2.39. The molecule has 6 heteroatoms. The Kier molecular flexibility index (Phi) is 5.01. The summed E-state index contributed by atoms with van der Waals surface area (Å²) < 4.78 is 31.6. The van der Waals surface area contributed by atoms with Crippen LogP contribution in [-0.4, -0.2) is 35.7 Å². The minimum Gasteiger partial charge on any atom is -0.444 e. The molecule has 122 valence electrons. The highest BCUT2D eigenvalue weighted by Gasteiger charge is 2.29. The lowest BCUT2D eigenvalue weighted by atomic mass is 10.2. The molecule has 1 amide bonds. The number of halogens is 2. The molecule has 1 N–H and O–H groups in total. The Bertz CT molecular complexity index is 523. The number of rotatable bonds is 3. The Hall–Kier alpha value is -1.69. The first-order chi connectivity index (χ1) is 10.2. The molecule has 0 bridgehead atoms. The standard InChI is InChI=1S/C16H22F2N2O2/c1-16(2,3)22-15(21)20-5-4-14(10-20)19-9-11-6-12(17)8-13(18)7-11/h6-8,14,19H,4-5,9-10H2,1-3H3. The maximum atomic E-state index is 13.1. The summed E-state index contributed by atoms with van der Waals surface area (Å²) in [4.78, 5) is 13.6. The Balaban J connectivity index is 1.82. The predicted octanol–water partition coefficient (Wildman–Crippen LogP) is 3.06. The van der Waals surface area contributed by atoms with Crippen LogP contribution >= 0.6 is 0 Å². The molecule has 2 rings (SSSR count). The molecule has 0 radical (unpaired) electrons. The van der Waals surface area contributed by atoms with Crippen LogP contribution in [-0.2, 0) is 11.3 Å². The fraction of sp³-hybridized carbons (Fsp3) is 0.562. The van der Waals surface area contributed by atoms with E-state index >= 15 is 0 Å². The summed E-state index contributed by atoms with van der Waals surface area (Å²) in [6, 6.07) is 3.55. The Labute approximate surface area is 129 Å². The van der Waals surface area contributed by atoms with Gasteiger partial charge in [-0.15, -0.1) is 0 Å². The Morgan fingerprint density at radius 3 is 2.55 bits per heavy atom. The molecule has 1 aromatic rings. The lowest BCUT2D eigenvalue weighted by molar-refractivity contribution is 0.0291. The molecule has 1 unspecified atom stereocenters. The summed E-state index contributed by atoms with van der Waals surface area (Å²) in [6.45, 7) is 7.00. The Morgan fingerprint density at radius 2 is 1.95 bits per heavy atom. The zero-order chi connectivity index (χ0) is 16.3. The van der Waals surface area contributed by atoms with E-state index < -0.39 is 17.2 Å². The summed E-state index contributed by atoms with van der Waals surface area (Å²) in [5.74, 6) is -1.17. The van der Waals surface area contributed by atoms with Crippen molar-refractivity contribution in [1.82, 2.24) is 10.2 Å². The zero-order valence-corrected chi connectivity index (χ0v) is 13.2. The highest BCUT2D eigenvalue weighted by atomic mass is 19.1. The summed E-state index contributed by atoms with van der Waals surface area (Å²) in [6.07, 6.45) is 0.463. The van der Waals surface area contributed by atoms with E-state index in [1.54, 1.807) is 4.90 Å². The van der Waals surface area contributed by atoms with E-state index in [2.05, 4.69) is 5.32 Å². The van der Waals surface area contributed by atoms with Crippen molar-refractivity contribution in [2.24, 2.45) is 0 Å². The van der Waals surface area contributed by atoms with Crippen LogP contribution in [0.2, 0.25) is 0 Å². The van der Waals surface area contributed by atoms with E-state index in [-0.39, 0.29) is 12.1 Å². The topological polar surface area (TPSA) is 41.6 Å². The summed E-state index contributed by atoms with van der Waals surface area (Å²) in [5, 5.41) is 3.22. The van der Waals surface area contributed by atoms with Crippen molar-refractivity contribution in [3.63, 3.8) is 0 Å². The number of carbonyl (C=O) groups is 1. The van der Waals surface area contributed by atoms with Gasteiger partial charge in [-0.1, -0.05) is 0 Å². The monoisotopic (exact) mass is 312 g/mol. The maximum Gasteiger partial charge on any atom is 0.410 e. The largest absolute Gasteiger partial charge is 0.444 e. The first-order valence-electron chi connectivity index (χ1n) is 7.39. The molecule has 1 aliphatic heterocycles. The van der Waals surface area contributed by atoms with Crippen LogP contribution < -0.4 is 5.32 Å². The molecule has 0 aliphatic carbocycles. The second-order valence-electron chi connectivity index (χ2n) is 6.57. The maximum absolute atomic E-state index is 13.1. The second-order valence-corrected chi connectivity index (χ2v) is 6.57. The summed E-state index contributed by atoms with van der Waals surface area (Å²) in [7, 11) is 0. The lowest BCUT2D eigenvalue weighted by Gasteiger charge is -2.24. The van der Waals surface area contributed by atoms with Crippen LogP contribution in [0.3, 0.4) is 0 Å². The number of carbonyl (C=O) groups excluding carboxylic acids is 1. The average Bonchev–Trinajstić information content (AvgIpc) is 2.82. The van der Waals surface area contributed by atoms with Crippen LogP contribution in [0.1, 0.15) is 32.8 Å². The highest BCUT2D eigenvalue weighted by Crippen LogP contribution is 2.16. The molecule has 1 atom stereocenters. The number of nitrogens with one attached hydrogen (secondary N) is 1. The van der Waals surface area contributed by atoms with Gasteiger partial charge >= 0.3 is 6.09 Å². The summed E-state index contributed by atoms with van der Waals surface area (Å²) >= 11 is 0. The van der Waals surface area contributed by atoms with E-state index in [0.29, 0.717) is 25.2 Å². The molecular weight excluding hydrogens is 290 g/mol. The van der Waals surface area contributed by atoms with Gasteiger partial charge < -0.3 is 15.0 Å². The number of hydrogen-bond donors (Lipinski definition) is 1. The predicted molar refractivity (Wildman–Crippen MR) is 79.4 cm³/mol. The molecule has 1 heterocycles. The van der Waals surface area contributed by atoms with E-state index in [9.17, 15) is 13.6 Å². The SMILES string of the molecule is CC(C)(C)OC(=O)N1CCC(NCc2cc(F)cc(F)c2)C1. The third kappa shape index (κ3) is 4.94. The third-order valence-electron chi connectivity index (χ3n) is 3.36. The van der Waals surface area contributed by atoms with Gasteiger partial charge in [0.1, 0.15) is 17.2 Å². The molecule has 1 fully saturated rings. The van der Waals surface area contributed by atoms with E-state index in [1.807, 2.05) is 20.8 Å². The van der Waals surface area contributed by atoms with E-state index in [0.717, 1.165) is 12.5 Å². The van der Waals surface area contributed by atoms with Gasteiger partial charge in [-0.2, -0.15) is 0 Å². The summed E-state index contributed by atoms with van der Waals surface area (Å²) in [5.41, 5.74) is 0.0371. The van der Waals surface area contributed by atoms with Gasteiger partial charge in [0.05, 0.1) is 0 Å². The van der Waals surface area contributed by atoms with Gasteiger partial charge in [-0.3, -0.25) is 0 Å². The Morgan fingerprint density at radius 1 is 1.32 bits per heavy atom. The van der Waals surface area contributed by atoms with Crippen LogP contribution in [0.15, 0.2) is 18.2 Å². The van der Waals surface area contributed by atoms with Crippen LogP contribution in [0.25, 0.3) is 0 Å². The van der Waals surface area contributed by atoms with Crippen LogP contribution in [0.4, 0.5) is 13.6 Å². The molecule has 1 saturated heterocycles. The highest BCUT2D eigenvalue weighted by molar-refractivity contribution is 5.68. The normalized spacial score (nSPS) is 18.6. The molecule has 1 aromatic carbocycles. The first-order valence-corrected chi connectivity index (χ1v) is 7.39. The number of ether oxygens (including phenoxy) is 1. The quantitative estimate of drug-likeness (QED) is 0.932. The number of amides is 1. The van der Waals surface area contributed by atoms with Crippen LogP contribution in [0, 0.1) is 11.6 Å². The fourth-order valence-corrected chi connectivity index (χ4v) is 2.39. The molecular formula is C16H22F2N2O2. The third-order valence-corrected chi connectivity index (χ3v) is 3.36. The van der Waals surface area contributed by atoms with Crippen molar-refractivity contribution in [2.75, 3.05) is 13.1 Å². The van der Waals surface area contributed by atoms with Crippen molar-refractivity contribution < 1.29 is 18.3 Å². The van der Waals surface area contributed by atoms with Gasteiger partial charge in [0.25, 0.3) is 0 Å². The zero-order valence-electron chi connectivity index (χ0n) is 13.2. The molecule has 0 spiro atoms. The van der Waals surface area contributed by atoms with E-state index in [1.165, 1.54) is 12.1 Å². The minimum absolute atomic E-state index is 0.0962. The number of hydrogen-bond acceptors (Lipinski definition) is 3. The minimum atomic E-state index is -0.585. The van der Waals surface area contributed by atoms with Crippen molar-refractivity contribution in [2.45, 2.75) is 45.4 Å². The van der Waals surface area contributed by atoms with Gasteiger partial charge in [0.15, 0.2) is 0 Å². The molecule has 1 aliphatic rings. The van der Waals surface area contributed by atoms with Gasteiger partial charge in [0, 0.05) is 31.7 Å². The molecule has 0 saturated carbocycles. The van der Waals surface area contributed by atoms with Crippen molar-refractivity contribution in [3.8, 4) is 0 Å². The number of benzene rings is 1. The van der Waals surface area contributed by atoms with E-state index in [4.69, 9.17) is 4.74 Å².